The van der Waals surface area contributed by atoms with Crippen molar-refractivity contribution in [3.8, 4) is 22.1 Å². The van der Waals surface area contributed by atoms with E-state index in [2.05, 4.69) is 4.98 Å². The molecule has 1 heterocycles. The van der Waals surface area contributed by atoms with Gasteiger partial charge in [-0.05, 0) is 30.3 Å². The van der Waals surface area contributed by atoms with E-state index in [9.17, 15) is 14.6 Å². The second kappa shape index (κ2) is 3.96. The van der Waals surface area contributed by atoms with Crippen LogP contribution < -0.4 is 0 Å². The number of hydrogen-bond acceptors (Lipinski definition) is 4. The highest BCUT2D eigenvalue weighted by Crippen LogP contribution is 2.39. The maximum absolute atomic E-state index is 13.1. The molecule has 1 aromatic heterocycles. The number of aromatic nitrogens is 1. The van der Waals surface area contributed by atoms with Crippen molar-refractivity contribution < 1.29 is 14.6 Å². The molecule has 3 rings (SSSR count). The van der Waals surface area contributed by atoms with E-state index in [0.29, 0.717) is 20.8 Å². The third kappa shape index (κ3) is 1.69. The highest BCUT2D eigenvalue weighted by Gasteiger charge is 2.13. The second-order valence-electron chi connectivity index (χ2n) is 3.80. The summed E-state index contributed by atoms with van der Waals surface area (Å²) < 4.78 is 13.8. The number of hydrogen-bond donors (Lipinski definition) is 2. The first-order chi connectivity index (χ1) is 8.65. The largest absolute Gasteiger partial charge is 0.504 e. The van der Waals surface area contributed by atoms with E-state index in [1.54, 1.807) is 18.2 Å². The average Bonchev–Trinajstić information content (AvgIpc) is 2.75. The molecule has 0 saturated heterocycles. The van der Waals surface area contributed by atoms with Crippen molar-refractivity contribution in [3.63, 3.8) is 0 Å². The average molecular weight is 261 g/mol. The Morgan fingerprint density at radius 3 is 2.78 bits per heavy atom. The summed E-state index contributed by atoms with van der Waals surface area (Å²) in [4.78, 5) is 4.31. The van der Waals surface area contributed by atoms with Crippen LogP contribution in [0.5, 0.6) is 11.5 Å². The monoisotopic (exact) mass is 261 g/mol. The summed E-state index contributed by atoms with van der Waals surface area (Å²) >= 11 is 1.27. The van der Waals surface area contributed by atoms with E-state index < -0.39 is 0 Å². The summed E-state index contributed by atoms with van der Waals surface area (Å²) in [5.74, 6) is -0.729. The van der Waals surface area contributed by atoms with Crippen LogP contribution in [0.3, 0.4) is 0 Å². The van der Waals surface area contributed by atoms with Crippen molar-refractivity contribution in [1.82, 2.24) is 4.98 Å². The lowest BCUT2D eigenvalue weighted by molar-refractivity contribution is 0.405. The number of benzene rings is 2. The molecule has 0 atom stereocenters. The van der Waals surface area contributed by atoms with Crippen molar-refractivity contribution in [1.29, 1.82) is 0 Å². The van der Waals surface area contributed by atoms with Gasteiger partial charge in [-0.25, -0.2) is 9.37 Å². The van der Waals surface area contributed by atoms with E-state index in [4.69, 9.17) is 0 Å². The van der Waals surface area contributed by atoms with Gasteiger partial charge >= 0.3 is 0 Å². The van der Waals surface area contributed by atoms with Gasteiger partial charge in [0, 0.05) is 0 Å². The summed E-state index contributed by atoms with van der Waals surface area (Å²) in [6, 6.07) is 9.00. The zero-order valence-electron chi connectivity index (χ0n) is 9.09. The Labute approximate surface area is 106 Å². The van der Waals surface area contributed by atoms with Gasteiger partial charge in [0.25, 0.3) is 0 Å². The molecule has 0 aliphatic rings. The third-order valence-electron chi connectivity index (χ3n) is 2.60. The fourth-order valence-corrected chi connectivity index (χ4v) is 2.73. The molecule has 2 aromatic carbocycles. The summed E-state index contributed by atoms with van der Waals surface area (Å²) in [5.41, 5.74) is 1.11. The fourth-order valence-electron chi connectivity index (χ4n) is 1.72. The minimum absolute atomic E-state index is 0.196. The SMILES string of the molecule is Oc1cccc(-c2nc3ccc(F)cc3s2)c1O. The molecule has 0 saturated carbocycles. The Kier molecular flexibility index (Phi) is 2.41. The van der Waals surface area contributed by atoms with Crippen LogP contribution in [0.1, 0.15) is 0 Å². The molecule has 0 amide bonds. The van der Waals surface area contributed by atoms with Gasteiger partial charge in [-0.3, -0.25) is 0 Å². The molecule has 0 unspecified atom stereocenters. The number of rotatable bonds is 1. The van der Waals surface area contributed by atoms with Gasteiger partial charge in [-0.15, -0.1) is 11.3 Å². The number of phenols is 2. The molecule has 90 valence electrons. The van der Waals surface area contributed by atoms with Gasteiger partial charge in [-0.2, -0.15) is 0 Å². The molecule has 18 heavy (non-hydrogen) atoms. The Balaban J connectivity index is 2.22. The first-order valence-corrected chi connectivity index (χ1v) is 6.04. The van der Waals surface area contributed by atoms with Crippen LogP contribution >= 0.6 is 11.3 Å². The molecule has 0 fully saturated rings. The quantitative estimate of drug-likeness (QED) is 0.659. The first-order valence-electron chi connectivity index (χ1n) is 5.22. The smallest absolute Gasteiger partial charge is 0.167 e. The topological polar surface area (TPSA) is 53.4 Å². The van der Waals surface area contributed by atoms with Crippen LogP contribution in [-0.4, -0.2) is 15.2 Å². The molecule has 0 spiro atoms. The summed E-state index contributed by atoms with van der Waals surface area (Å²) in [6.07, 6.45) is 0. The Bertz CT molecular complexity index is 739. The number of para-hydroxylation sites is 1. The van der Waals surface area contributed by atoms with E-state index in [0.717, 1.165) is 0 Å². The second-order valence-corrected chi connectivity index (χ2v) is 4.84. The van der Waals surface area contributed by atoms with Crippen LogP contribution in [0, 0.1) is 5.82 Å². The van der Waals surface area contributed by atoms with Crippen molar-refractivity contribution >= 4 is 21.6 Å². The third-order valence-corrected chi connectivity index (χ3v) is 3.65. The minimum atomic E-state index is -0.321. The number of thiazole rings is 1. The molecular formula is C13H8FNO2S. The molecule has 2 N–H and O–H groups in total. The molecule has 5 heteroatoms. The molecule has 0 bridgehead atoms. The van der Waals surface area contributed by atoms with Crippen LogP contribution in [0.2, 0.25) is 0 Å². The van der Waals surface area contributed by atoms with E-state index in [1.807, 2.05) is 0 Å². The fraction of sp³-hybridized carbons (Fsp3) is 0. The van der Waals surface area contributed by atoms with Gasteiger partial charge < -0.3 is 10.2 Å². The van der Waals surface area contributed by atoms with Gasteiger partial charge in [0.15, 0.2) is 11.5 Å². The molecule has 3 aromatic rings. The van der Waals surface area contributed by atoms with E-state index in [-0.39, 0.29) is 17.3 Å². The highest BCUT2D eigenvalue weighted by molar-refractivity contribution is 7.21. The highest BCUT2D eigenvalue weighted by atomic mass is 32.1. The van der Waals surface area contributed by atoms with Crippen LogP contribution in [0.4, 0.5) is 4.39 Å². The first kappa shape index (κ1) is 11.0. The summed E-state index contributed by atoms with van der Waals surface area (Å²) in [5, 5.41) is 19.8. The normalized spacial score (nSPS) is 10.9. The summed E-state index contributed by atoms with van der Waals surface area (Å²) in [7, 11) is 0. The molecule has 3 nitrogen and oxygen atoms in total. The van der Waals surface area contributed by atoms with E-state index >= 15 is 0 Å². The number of fused-ring (bicyclic) bond motifs is 1. The van der Waals surface area contributed by atoms with E-state index in [1.165, 1.54) is 29.5 Å². The van der Waals surface area contributed by atoms with Crippen molar-refractivity contribution in [2.75, 3.05) is 0 Å². The number of nitrogens with zero attached hydrogens (tertiary/aromatic N) is 1. The standard InChI is InChI=1S/C13H8FNO2S/c14-7-4-5-9-11(6-7)18-13(15-9)8-2-1-3-10(16)12(8)17/h1-6,16-17H. The van der Waals surface area contributed by atoms with Gasteiger partial charge in [0.1, 0.15) is 10.8 Å². The van der Waals surface area contributed by atoms with Crippen molar-refractivity contribution in [2.24, 2.45) is 0 Å². The predicted octanol–water partition coefficient (Wildman–Crippen LogP) is 3.51. The zero-order chi connectivity index (χ0) is 12.7. The molecule has 0 radical (unpaired) electrons. The number of halogens is 1. The maximum Gasteiger partial charge on any atom is 0.167 e. The van der Waals surface area contributed by atoms with Crippen molar-refractivity contribution in [2.45, 2.75) is 0 Å². The lowest BCUT2D eigenvalue weighted by atomic mass is 10.2. The predicted molar refractivity (Wildman–Crippen MR) is 68.3 cm³/mol. The van der Waals surface area contributed by atoms with Crippen molar-refractivity contribution in [3.05, 3.63) is 42.2 Å². The lowest BCUT2D eigenvalue weighted by Gasteiger charge is -2.01. The van der Waals surface area contributed by atoms with Gasteiger partial charge in [0.05, 0.1) is 15.8 Å². The van der Waals surface area contributed by atoms with Gasteiger partial charge in [-0.1, -0.05) is 6.07 Å². The summed E-state index contributed by atoms with van der Waals surface area (Å²) in [6.45, 7) is 0. The molecular weight excluding hydrogens is 253 g/mol. The molecule has 0 aliphatic heterocycles. The Morgan fingerprint density at radius 2 is 1.94 bits per heavy atom. The molecule has 0 aliphatic carbocycles. The van der Waals surface area contributed by atoms with Crippen LogP contribution in [-0.2, 0) is 0 Å². The Hall–Kier alpha value is -2.14. The number of aromatic hydroxyl groups is 2. The van der Waals surface area contributed by atoms with Crippen LogP contribution in [0.15, 0.2) is 36.4 Å². The van der Waals surface area contributed by atoms with Crippen LogP contribution in [0.25, 0.3) is 20.8 Å². The lowest BCUT2D eigenvalue weighted by Crippen LogP contribution is -1.78. The van der Waals surface area contributed by atoms with Gasteiger partial charge in [0.2, 0.25) is 0 Å². The maximum atomic E-state index is 13.1. The number of phenolic OH excluding ortho intramolecular Hbond substituents is 2. The minimum Gasteiger partial charge on any atom is -0.504 e. The zero-order valence-corrected chi connectivity index (χ0v) is 9.91. The Morgan fingerprint density at radius 1 is 1.11 bits per heavy atom.